The van der Waals surface area contributed by atoms with Crippen molar-refractivity contribution in [2.45, 2.75) is 70.2 Å². The van der Waals surface area contributed by atoms with Crippen molar-refractivity contribution in [2.24, 2.45) is 0 Å². The molecule has 2 aromatic carbocycles. The van der Waals surface area contributed by atoms with Crippen LogP contribution in [0, 0.1) is 0 Å². The third-order valence-electron chi connectivity index (χ3n) is 7.58. The predicted molar refractivity (Wildman–Crippen MR) is 130 cm³/mol. The molecule has 0 radical (unpaired) electrons. The first-order chi connectivity index (χ1) is 16.1. The number of hydrogen-bond acceptors (Lipinski definition) is 6. The Hall–Kier alpha value is -2.22. The van der Waals surface area contributed by atoms with Gasteiger partial charge in [-0.05, 0) is 75.3 Å². The van der Waals surface area contributed by atoms with E-state index in [1.165, 1.54) is 12.7 Å². The second-order valence-corrected chi connectivity index (χ2v) is 10.7. The van der Waals surface area contributed by atoms with Crippen LogP contribution < -0.4 is 14.9 Å². The molecule has 5 rings (SSSR count). The number of fused-ring (bicyclic) bond motifs is 2. The number of hydrogen-bond donors (Lipinski definition) is 0. The molecule has 0 amide bonds. The van der Waals surface area contributed by atoms with Crippen molar-refractivity contribution in [3.63, 3.8) is 0 Å². The zero-order valence-corrected chi connectivity index (χ0v) is 21.0. The van der Waals surface area contributed by atoms with Gasteiger partial charge in [-0.25, -0.2) is 0 Å². The van der Waals surface area contributed by atoms with Gasteiger partial charge in [0, 0.05) is 22.6 Å². The Morgan fingerprint density at radius 3 is 2.56 bits per heavy atom. The lowest BCUT2D eigenvalue weighted by molar-refractivity contribution is -0.141. The van der Waals surface area contributed by atoms with Crippen LogP contribution >= 0.6 is 11.6 Å². The summed E-state index contributed by atoms with van der Waals surface area (Å²) < 4.78 is 29.7. The smallest absolute Gasteiger partial charge is 0.492 e. The van der Waals surface area contributed by atoms with Gasteiger partial charge in [-0.2, -0.15) is 0 Å². The zero-order valence-electron chi connectivity index (χ0n) is 20.3. The zero-order chi connectivity index (χ0) is 24.3. The monoisotopic (exact) mass is 484 g/mol. The second kappa shape index (κ2) is 8.47. The van der Waals surface area contributed by atoms with E-state index in [0.29, 0.717) is 18.1 Å². The number of carbonyl (C=O) groups is 1. The lowest BCUT2D eigenvalue weighted by Crippen LogP contribution is -2.41. The predicted octanol–water partition coefficient (Wildman–Crippen LogP) is 4.74. The van der Waals surface area contributed by atoms with Crippen LogP contribution in [0.3, 0.4) is 0 Å². The fraction of sp³-hybridized carbons (Fsp3) is 0.500. The van der Waals surface area contributed by atoms with E-state index in [1.54, 1.807) is 0 Å². The van der Waals surface area contributed by atoms with Gasteiger partial charge in [0.05, 0.1) is 31.3 Å². The topological polar surface area (TPSA) is 63.2 Å². The summed E-state index contributed by atoms with van der Waals surface area (Å²) in [5, 5.41) is 0.641. The number of methoxy groups -OCH3 is 1. The van der Waals surface area contributed by atoms with Gasteiger partial charge < -0.3 is 23.5 Å². The first kappa shape index (κ1) is 23.5. The molecule has 180 valence electrons. The molecule has 3 aliphatic rings. The van der Waals surface area contributed by atoms with Gasteiger partial charge in [0.2, 0.25) is 0 Å². The van der Waals surface area contributed by atoms with Gasteiger partial charge in [0.25, 0.3) is 0 Å². The van der Waals surface area contributed by atoms with Crippen molar-refractivity contribution in [2.75, 3.05) is 13.7 Å². The maximum absolute atomic E-state index is 11.7. The summed E-state index contributed by atoms with van der Waals surface area (Å²) in [7, 11) is 0.941. The van der Waals surface area contributed by atoms with E-state index in [0.717, 1.165) is 40.9 Å². The molecule has 2 aliphatic heterocycles. The average molecular weight is 485 g/mol. The molecule has 8 heteroatoms. The van der Waals surface area contributed by atoms with Crippen LogP contribution in [-0.4, -0.2) is 38.0 Å². The molecule has 0 N–H and O–H groups in total. The van der Waals surface area contributed by atoms with Crippen LogP contribution in [-0.2, 0) is 25.3 Å². The SMILES string of the molecule is COC(=O)C[C@@H]1COc2cc(O[C@@H]3CCc4c(B5OC(C)(C)C(C)(C)O5)cc(Cl)cc43)ccc21. The summed E-state index contributed by atoms with van der Waals surface area (Å²) in [6, 6.07) is 9.77. The molecule has 2 aromatic rings. The molecular weight excluding hydrogens is 455 g/mol. The molecule has 1 aliphatic carbocycles. The summed E-state index contributed by atoms with van der Waals surface area (Å²) in [5.74, 6) is 1.25. The molecule has 0 bridgehead atoms. The maximum atomic E-state index is 11.7. The van der Waals surface area contributed by atoms with Gasteiger partial charge >= 0.3 is 13.1 Å². The van der Waals surface area contributed by atoms with E-state index in [9.17, 15) is 4.79 Å². The fourth-order valence-electron chi connectivity index (χ4n) is 4.94. The summed E-state index contributed by atoms with van der Waals surface area (Å²) in [5.41, 5.74) is 3.41. The van der Waals surface area contributed by atoms with E-state index in [-0.39, 0.29) is 18.0 Å². The molecule has 0 saturated carbocycles. The molecular formula is C26H30BClO6. The van der Waals surface area contributed by atoms with Gasteiger partial charge in [-0.1, -0.05) is 17.7 Å². The minimum atomic E-state index is -0.462. The highest BCUT2D eigenvalue weighted by molar-refractivity contribution is 6.63. The van der Waals surface area contributed by atoms with Gasteiger partial charge in [0.15, 0.2) is 0 Å². The molecule has 0 spiro atoms. The van der Waals surface area contributed by atoms with Gasteiger partial charge in [-0.3, -0.25) is 4.79 Å². The Kier molecular flexibility index (Phi) is 5.86. The molecule has 6 nitrogen and oxygen atoms in total. The number of rotatable bonds is 5. The molecule has 1 fully saturated rings. The van der Waals surface area contributed by atoms with Crippen molar-refractivity contribution in [3.05, 3.63) is 52.0 Å². The van der Waals surface area contributed by atoms with Crippen molar-refractivity contribution in [3.8, 4) is 11.5 Å². The average Bonchev–Trinajstić information content (AvgIpc) is 3.42. The third-order valence-corrected chi connectivity index (χ3v) is 7.80. The minimum Gasteiger partial charge on any atom is -0.492 e. The second-order valence-electron chi connectivity index (χ2n) is 10.3. The minimum absolute atomic E-state index is 0.00462. The Balaban J connectivity index is 1.37. The number of esters is 1. The molecule has 34 heavy (non-hydrogen) atoms. The van der Waals surface area contributed by atoms with Crippen LogP contribution in [0.5, 0.6) is 11.5 Å². The molecule has 0 unspecified atom stereocenters. The van der Waals surface area contributed by atoms with Crippen molar-refractivity contribution in [1.82, 2.24) is 0 Å². The Morgan fingerprint density at radius 1 is 1.12 bits per heavy atom. The molecule has 1 saturated heterocycles. The van der Waals surface area contributed by atoms with Crippen LogP contribution in [0.4, 0.5) is 0 Å². The standard InChI is InChI=1S/C26H30BClO6/c1-25(2)26(3,4)34-27(33-25)21-12-16(28)11-20-19(21)8-9-22(20)32-17-6-7-18-15(10-24(29)30-5)14-31-23(18)13-17/h6-7,11-13,15,22H,8-10,14H2,1-5H3/t15-,22-/m1/s1. The lowest BCUT2D eigenvalue weighted by Gasteiger charge is -2.32. The normalized spacial score (nSPS) is 23.9. The molecule has 2 heterocycles. The molecule has 2 atom stereocenters. The fourth-order valence-corrected chi connectivity index (χ4v) is 5.17. The summed E-state index contributed by atoms with van der Waals surface area (Å²) >= 11 is 6.54. The first-order valence-corrected chi connectivity index (χ1v) is 12.1. The van der Waals surface area contributed by atoms with E-state index in [4.69, 9.17) is 35.1 Å². The van der Waals surface area contributed by atoms with E-state index in [1.807, 2.05) is 30.3 Å². The van der Waals surface area contributed by atoms with Crippen molar-refractivity contribution < 1.29 is 28.3 Å². The van der Waals surface area contributed by atoms with E-state index >= 15 is 0 Å². The Morgan fingerprint density at radius 2 is 1.85 bits per heavy atom. The van der Waals surface area contributed by atoms with Crippen LogP contribution in [0.25, 0.3) is 0 Å². The highest BCUT2D eigenvalue weighted by Crippen LogP contribution is 2.42. The summed E-state index contributed by atoms with van der Waals surface area (Å²) in [6.45, 7) is 8.67. The van der Waals surface area contributed by atoms with E-state index in [2.05, 4.69) is 27.7 Å². The van der Waals surface area contributed by atoms with Gasteiger partial charge in [-0.15, -0.1) is 0 Å². The highest BCUT2D eigenvalue weighted by atomic mass is 35.5. The summed E-state index contributed by atoms with van der Waals surface area (Å²) in [4.78, 5) is 11.7. The maximum Gasteiger partial charge on any atom is 0.495 e. The Bertz CT molecular complexity index is 1110. The van der Waals surface area contributed by atoms with Crippen molar-refractivity contribution >= 4 is 30.2 Å². The van der Waals surface area contributed by atoms with Crippen molar-refractivity contribution in [1.29, 1.82) is 0 Å². The Labute approximate surface area is 206 Å². The number of halogens is 1. The van der Waals surface area contributed by atoms with Crippen LogP contribution in [0.15, 0.2) is 30.3 Å². The highest BCUT2D eigenvalue weighted by Gasteiger charge is 2.52. The lowest BCUT2D eigenvalue weighted by atomic mass is 9.75. The van der Waals surface area contributed by atoms with Crippen LogP contribution in [0.2, 0.25) is 5.02 Å². The number of carbonyl (C=O) groups excluding carboxylic acids is 1. The third kappa shape index (κ3) is 4.08. The van der Waals surface area contributed by atoms with E-state index < -0.39 is 18.3 Å². The first-order valence-electron chi connectivity index (χ1n) is 11.8. The van der Waals surface area contributed by atoms with Gasteiger partial charge in [0.1, 0.15) is 17.6 Å². The quantitative estimate of drug-likeness (QED) is 0.451. The summed E-state index contributed by atoms with van der Waals surface area (Å²) in [6.07, 6.45) is 1.88. The van der Waals surface area contributed by atoms with Crippen LogP contribution in [0.1, 0.15) is 69.2 Å². The largest absolute Gasteiger partial charge is 0.495 e. The molecule has 0 aromatic heterocycles. The number of benzene rings is 2. The number of ether oxygens (including phenoxy) is 3.